The van der Waals surface area contributed by atoms with Crippen molar-refractivity contribution >= 4 is 11.0 Å². The lowest BCUT2D eigenvalue weighted by Crippen LogP contribution is -2.34. The second kappa shape index (κ2) is 7.63. The summed E-state index contributed by atoms with van der Waals surface area (Å²) >= 11 is 0. The zero-order valence-electron chi connectivity index (χ0n) is 16.3. The summed E-state index contributed by atoms with van der Waals surface area (Å²) in [6, 6.07) is 2.12. The van der Waals surface area contributed by atoms with Gasteiger partial charge in [0.25, 0.3) is 0 Å². The van der Waals surface area contributed by atoms with Gasteiger partial charge in [-0.1, -0.05) is 0 Å². The molecule has 0 radical (unpaired) electrons. The lowest BCUT2D eigenvalue weighted by molar-refractivity contribution is 0.155. The van der Waals surface area contributed by atoms with Crippen LogP contribution in [0.15, 0.2) is 43.2 Å². The number of rotatable bonds is 5. The average Bonchev–Trinajstić information content (AvgIpc) is 3.41. The highest BCUT2D eigenvalue weighted by molar-refractivity contribution is 5.94. The molecule has 1 aliphatic rings. The van der Waals surface area contributed by atoms with Crippen LogP contribution in [-0.2, 0) is 6.54 Å². The van der Waals surface area contributed by atoms with E-state index < -0.39 is 0 Å². The number of hydrogen-bond acceptors (Lipinski definition) is 6. The molecule has 0 unspecified atom stereocenters. The molecule has 1 aliphatic heterocycles. The van der Waals surface area contributed by atoms with Crippen molar-refractivity contribution in [3.63, 3.8) is 0 Å². The Balaban J connectivity index is 1.48. The maximum absolute atomic E-state index is 6.06. The number of ether oxygens (including phenoxy) is 1. The largest absolute Gasteiger partial charge is 0.473 e. The Kier molecular flexibility index (Phi) is 4.69. The first kappa shape index (κ1) is 17.8. The molecule has 29 heavy (non-hydrogen) atoms. The number of H-pyrrole nitrogens is 1. The number of nitrogens with zero attached hydrogens (tertiary/aromatic N) is 5. The molecule has 148 valence electrons. The zero-order valence-corrected chi connectivity index (χ0v) is 16.3. The molecule has 5 heterocycles. The van der Waals surface area contributed by atoms with Crippen LogP contribution in [0.3, 0.4) is 0 Å². The summed E-state index contributed by atoms with van der Waals surface area (Å²) < 4.78 is 7.97. The average molecular weight is 389 g/mol. The minimum atomic E-state index is 0.187. The van der Waals surface area contributed by atoms with Crippen molar-refractivity contribution in [3.8, 4) is 28.3 Å². The number of pyridine rings is 1. The summed E-state index contributed by atoms with van der Waals surface area (Å²) in [5.41, 5.74) is 4.61. The molecule has 1 saturated heterocycles. The number of aryl methyl sites for hydroxylation is 1. The van der Waals surface area contributed by atoms with E-state index in [2.05, 4.69) is 38.4 Å². The lowest BCUT2D eigenvalue weighted by Gasteiger charge is -2.23. The lowest BCUT2D eigenvalue weighted by atomic mass is 10.1. The van der Waals surface area contributed by atoms with Crippen molar-refractivity contribution in [2.75, 3.05) is 13.1 Å². The molecule has 0 spiro atoms. The van der Waals surface area contributed by atoms with Crippen LogP contribution in [0.5, 0.6) is 5.88 Å². The predicted octanol–water partition coefficient (Wildman–Crippen LogP) is 3.03. The van der Waals surface area contributed by atoms with Crippen molar-refractivity contribution in [2.24, 2.45) is 0 Å². The van der Waals surface area contributed by atoms with Gasteiger partial charge in [-0.2, -0.15) is 5.10 Å². The molecule has 4 aromatic rings. The van der Waals surface area contributed by atoms with Crippen molar-refractivity contribution in [1.29, 1.82) is 0 Å². The van der Waals surface area contributed by atoms with E-state index in [0.29, 0.717) is 5.88 Å². The Bertz CT molecular complexity index is 1130. The van der Waals surface area contributed by atoms with Crippen molar-refractivity contribution < 1.29 is 4.74 Å². The van der Waals surface area contributed by atoms with Gasteiger partial charge in [0, 0.05) is 47.2 Å². The van der Waals surface area contributed by atoms with Crippen molar-refractivity contribution in [2.45, 2.75) is 32.4 Å². The number of fused-ring (bicyclic) bond motifs is 1. The summed E-state index contributed by atoms with van der Waals surface area (Å²) in [6.07, 6.45) is 13.3. The zero-order chi connectivity index (χ0) is 19.6. The van der Waals surface area contributed by atoms with E-state index in [9.17, 15) is 0 Å². The Labute approximate surface area is 168 Å². The molecule has 0 bridgehead atoms. The molecule has 0 atom stereocenters. The van der Waals surface area contributed by atoms with Gasteiger partial charge in [0.05, 0.1) is 24.3 Å². The minimum absolute atomic E-state index is 0.187. The van der Waals surface area contributed by atoms with Gasteiger partial charge in [0.2, 0.25) is 5.88 Å². The van der Waals surface area contributed by atoms with Crippen molar-refractivity contribution in [3.05, 3.63) is 43.2 Å². The van der Waals surface area contributed by atoms with Crippen LogP contribution in [0.2, 0.25) is 0 Å². The number of piperidine rings is 1. The fraction of sp³-hybridized carbons (Fsp3) is 0.333. The van der Waals surface area contributed by atoms with E-state index in [1.807, 2.05) is 29.5 Å². The molecular formula is C21H23N7O. The van der Waals surface area contributed by atoms with Crippen LogP contribution in [0.4, 0.5) is 0 Å². The van der Waals surface area contributed by atoms with Crippen LogP contribution in [0, 0.1) is 0 Å². The Morgan fingerprint density at radius 1 is 1.14 bits per heavy atom. The van der Waals surface area contributed by atoms with Crippen molar-refractivity contribution in [1.82, 2.24) is 35.0 Å². The van der Waals surface area contributed by atoms with E-state index in [0.717, 1.165) is 65.9 Å². The first-order chi connectivity index (χ1) is 14.3. The second-order valence-corrected chi connectivity index (χ2v) is 7.22. The maximum atomic E-state index is 6.06. The van der Waals surface area contributed by atoms with Gasteiger partial charge in [-0.05, 0) is 38.9 Å². The predicted molar refractivity (Wildman–Crippen MR) is 111 cm³/mol. The quantitative estimate of drug-likeness (QED) is 0.545. The van der Waals surface area contributed by atoms with Gasteiger partial charge < -0.3 is 15.0 Å². The molecule has 0 aliphatic carbocycles. The fourth-order valence-corrected chi connectivity index (χ4v) is 3.68. The summed E-state index contributed by atoms with van der Waals surface area (Å²) in [4.78, 5) is 16.9. The minimum Gasteiger partial charge on any atom is -0.473 e. The molecule has 0 amide bonds. The van der Waals surface area contributed by atoms with Crippen LogP contribution in [0.1, 0.15) is 19.8 Å². The summed E-state index contributed by atoms with van der Waals surface area (Å²) in [5.74, 6) is 0.567. The maximum Gasteiger partial charge on any atom is 0.233 e. The van der Waals surface area contributed by atoms with Crippen LogP contribution >= 0.6 is 0 Å². The van der Waals surface area contributed by atoms with Gasteiger partial charge in [0.15, 0.2) is 0 Å². The normalized spacial score (nSPS) is 15.1. The Morgan fingerprint density at radius 2 is 2.03 bits per heavy atom. The first-order valence-corrected chi connectivity index (χ1v) is 10.00. The van der Waals surface area contributed by atoms with Gasteiger partial charge in [-0.25, -0.2) is 9.97 Å². The molecule has 8 heteroatoms. The SMILES string of the molecule is CCn1cc(-c2cnc3[nH]cc(-c4cncc(OC5CCNCC5)n4)c3c2)cn1. The molecular weight excluding hydrogens is 366 g/mol. The monoisotopic (exact) mass is 389 g/mol. The molecule has 8 nitrogen and oxygen atoms in total. The third kappa shape index (κ3) is 3.58. The van der Waals surface area contributed by atoms with Crippen LogP contribution < -0.4 is 10.1 Å². The van der Waals surface area contributed by atoms with Gasteiger partial charge in [-0.15, -0.1) is 0 Å². The molecule has 0 saturated carbocycles. The molecule has 0 aromatic carbocycles. The van der Waals surface area contributed by atoms with E-state index >= 15 is 0 Å². The second-order valence-electron chi connectivity index (χ2n) is 7.22. The highest BCUT2D eigenvalue weighted by Gasteiger charge is 2.17. The fourth-order valence-electron chi connectivity index (χ4n) is 3.68. The molecule has 1 fully saturated rings. The third-order valence-electron chi connectivity index (χ3n) is 5.28. The number of hydrogen-bond donors (Lipinski definition) is 2. The van der Waals surface area contributed by atoms with Crippen LogP contribution in [0.25, 0.3) is 33.4 Å². The van der Waals surface area contributed by atoms with Gasteiger partial charge in [0.1, 0.15) is 11.8 Å². The highest BCUT2D eigenvalue weighted by atomic mass is 16.5. The van der Waals surface area contributed by atoms with E-state index in [1.54, 1.807) is 12.4 Å². The summed E-state index contributed by atoms with van der Waals surface area (Å²) in [5, 5.41) is 8.71. The Hall–Kier alpha value is -3.26. The van der Waals surface area contributed by atoms with E-state index in [-0.39, 0.29) is 6.10 Å². The first-order valence-electron chi connectivity index (χ1n) is 10.00. The van der Waals surface area contributed by atoms with Gasteiger partial charge in [-0.3, -0.25) is 9.67 Å². The molecule has 2 N–H and O–H groups in total. The smallest absolute Gasteiger partial charge is 0.233 e. The third-order valence-corrected chi connectivity index (χ3v) is 5.28. The Morgan fingerprint density at radius 3 is 2.86 bits per heavy atom. The number of nitrogens with one attached hydrogen (secondary N) is 2. The number of aromatic nitrogens is 6. The topological polar surface area (TPSA) is 93.5 Å². The summed E-state index contributed by atoms with van der Waals surface area (Å²) in [7, 11) is 0. The van der Waals surface area contributed by atoms with E-state index in [4.69, 9.17) is 9.72 Å². The molecule has 5 rings (SSSR count). The summed E-state index contributed by atoms with van der Waals surface area (Å²) in [6.45, 7) is 4.86. The molecule has 4 aromatic heterocycles. The van der Waals surface area contributed by atoms with Gasteiger partial charge >= 0.3 is 0 Å². The standard InChI is InChI=1S/C21H23N7O/c1-2-28-13-15(9-26-28)14-7-17-18(10-25-21(17)24-8-14)19-11-23-12-20(27-19)29-16-3-5-22-6-4-16/h7-13,16,22H,2-6H2,1H3,(H,24,25). The highest BCUT2D eigenvalue weighted by Crippen LogP contribution is 2.30. The van der Waals surface area contributed by atoms with E-state index in [1.165, 1.54) is 0 Å². The number of aromatic amines is 1. The van der Waals surface area contributed by atoms with Crippen LogP contribution in [-0.4, -0.2) is 48.9 Å².